The Balaban J connectivity index is 1.32. The number of rotatable bonds is 6. The maximum absolute atomic E-state index is 14.7. The molecule has 4 nitrogen and oxygen atoms in total. The number of nitrogens with zero attached hydrogens (tertiary/aromatic N) is 1. The molecule has 0 amide bonds. The smallest absolute Gasteiger partial charge is 0.427 e. The van der Waals surface area contributed by atoms with Crippen molar-refractivity contribution in [2.24, 2.45) is 0 Å². The van der Waals surface area contributed by atoms with Gasteiger partial charge in [0.15, 0.2) is 17.5 Å². The van der Waals surface area contributed by atoms with E-state index in [1.54, 1.807) is 24.3 Å². The monoisotopic (exact) mass is 541 g/mol. The molecule has 5 aromatic rings. The Kier molecular flexibility index (Phi) is 6.58. The third-order valence-electron chi connectivity index (χ3n) is 5.53. The fourth-order valence-electron chi connectivity index (χ4n) is 3.59. The molecule has 0 N–H and O–H groups in total. The number of alkyl halides is 2. The van der Waals surface area contributed by atoms with Crippen molar-refractivity contribution in [3.63, 3.8) is 0 Å². The van der Waals surface area contributed by atoms with Crippen molar-refractivity contribution >= 4 is 27.5 Å². The number of fused-ring (bicyclic) bond motifs is 1. The molecule has 5 rings (SSSR count). The van der Waals surface area contributed by atoms with E-state index in [-0.39, 0.29) is 16.0 Å². The summed E-state index contributed by atoms with van der Waals surface area (Å²) in [7, 11) is 0. The molecular weight excluding hydrogens is 525 g/mol. The van der Waals surface area contributed by atoms with Gasteiger partial charge in [-0.05, 0) is 42.3 Å². The molecule has 1 heterocycles. The van der Waals surface area contributed by atoms with Gasteiger partial charge in [0.25, 0.3) is 0 Å². The number of esters is 1. The Bertz CT molecular complexity index is 1630. The van der Waals surface area contributed by atoms with E-state index in [4.69, 9.17) is 4.74 Å². The number of halogens is 5. The highest BCUT2D eigenvalue weighted by molar-refractivity contribution is 7.18. The lowest BCUT2D eigenvalue weighted by Crippen LogP contribution is -2.21. The van der Waals surface area contributed by atoms with Crippen LogP contribution in [0.1, 0.15) is 20.9 Å². The maximum atomic E-state index is 14.7. The molecule has 0 spiro atoms. The predicted molar refractivity (Wildman–Crippen MR) is 132 cm³/mol. The number of carbonyl (C=O) groups is 1. The van der Waals surface area contributed by atoms with E-state index in [1.165, 1.54) is 18.2 Å². The summed E-state index contributed by atoms with van der Waals surface area (Å²) in [6, 6.07) is 19.5. The van der Waals surface area contributed by atoms with Crippen LogP contribution in [0.25, 0.3) is 21.3 Å². The van der Waals surface area contributed by atoms with E-state index in [2.05, 4.69) is 9.72 Å². The number of aryl methyl sites for hydroxylation is 1. The van der Waals surface area contributed by atoms with Gasteiger partial charge in [-0.1, -0.05) is 42.0 Å². The highest BCUT2D eigenvalue weighted by Crippen LogP contribution is 2.38. The van der Waals surface area contributed by atoms with Crippen molar-refractivity contribution < 1.29 is 36.2 Å². The number of aromatic nitrogens is 1. The highest BCUT2D eigenvalue weighted by Gasteiger charge is 2.39. The van der Waals surface area contributed by atoms with Crippen LogP contribution >= 0.6 is 11.3 Å². The molecule has 0 fully saturated rings. The Morgan fingerprint density at radius 2 is 1.42 bits per heavy atom. The second-order valence-electron chi connectivity index (χ2n) is 8.30. The summed E-state index contributed by atoms with van der Waals surface area (Å²) in [6.45, 7) is 1.99. The van der Waals surface area contributed by atoms with Crippen molar-refractivity contribution in [3.05, 3.63) is 112 Å². The second kappa shape index (κ2) is 9.86. The first-order valence-electron chi connectivity index (χ1n) is 11.1. The molecule has 0 saturated carbocycles. The zero-order valence-electron chi connectivity index (χ0n) is 19.5. The number of benzene rings is 4. The first kappa shape index (κ1) is 25.3. The Labute approximate surface area is 216 Å². The van der Waals surface area contributed by atoms with Crippen molar-refractivity contribution in [1.29, 1.82) is 0 Å². The van der Waals surface area contributed by atoms with E-state index in [1.807, 2.05) is 31.2 Å². The minimum absolute atomic E-state index is 0.104. The SMILES string of the molecule is Cc1ccc(-c2ccc(C(=O)Oc3ccc4nc(C(F)(F)Oc5cc(F)c(F)c(F)c5)sc4c3)cc2)cc1. The lowest BCUT2D eigenvalue weighted by Gasteiger charge is -2.15. The van der Waals surface area contributed by atoms with Crippen LogP contribution in [0, 0.1) is 24.4 Å². The summed E-state index contributed by atoms with van der Waals surface area (Å²) < 4.78 is 79.2. The van der Waals surface area contributed by atoms with Crippen LogP contribution in [0.2, 0.25) is 0 Å². The van der Waals surface area contributed by atoms with Crippen molar-refractivity contribution in [2.75, 3.05) is 0 Å². The molecule has 0 saturated heterocycles. The minimum Gasteiger partial charge on any atom is -0.427 e. The number of hydrogen-bond acceptors (Lipinski definition) is 5. The number of thiazole rings is 1. The molecule has 192 valence electrons. The summed E-state index contributed by atoms with van der Waals surface area (Å²) >= 11 is 0.534. The van der Waals surface area contributed by atoms with Crippen LogP contribution in [0.15, 0.2) is 78.9 Å². The molecule has 0 aliphatic rings. The average molecular weight is 541 g/mol. The van der Waals surface area contributed by atoms with Gasteiger partial charge in [-0.25, -0.2) is 22.9 Å². The van der Waals surface area contributed by atoms with Crippen LogP contribution in [0.4, 0.5) is 22.0 Å². The molecule has 0 radical (unpaired) electrons. The predicted octanol–water partition coefficient (Wildman–Crippen LogP) is 8.04. The largest absolute Gasteiger partial charge is 0.454 e. The van der Waals surface area contributed by atoms with Gasteiger partial charge in [0.1, 0.15) is 11.5 Å². The van der Waals surface area contributed by atoms with Gasteiger partial charge in [-0.15, -0.1) is 11.3 Å². The van der Waals surface area contributed by atoms with Gasteiger partial charge in [-0.2, -0.15) is 8.78 Å². The molecule has 10 heteroatoms. The first-order valence-corrected chi connectivity index (χ1v) is 11.9. The van der Waals surface area contributed by atoms with Gasteiger partial charge < -0.3 is 9.47 Å². The molecule has 38 heavy (non-hydrogen) atoms. The van der Waals surface area contributed by atoms with E-state index < -0.39 is 40.3 Å². The lowest BCUT2D eigenvalue weighted by atomic mass is 10.0. The van der Waals surface area contributed by atoms with E-state index in [0.29, 0.717) is 29.0 Å². The third-order valence-corrected chi connectivity index (χ3v) is 6.60. The van der Waals surface area contributed by atoms with Crippen molar-refractivity contribution in [1.82, 2.24) is 4.98 Å². The first-order chi connectivity index (χ1) is 18.1. The second-order valence-corrected chi connectivity index (χ2v) is 9.33. The Hall–Kier alpha value is -4.31. The molecule has 0 aliphatic heterocycles. The van der Waals surface area contributed by atoms with E-state index in [9.17, 15) is 26.7 Å². The summed E-state index contributed by atoms with van der Waals surface area (Å²) in [6.07, 6.45) is -4.07. The van der Waals surface area contributed by atoms with Crippen LogP contribution in [-0.4, -0.2) is 11.0 Å². The lowest BCUT2D eigenvalue weighted by molar-refractivity contribution is -0.185. The third kappa shape index (κ3) is 5.21. The molecule has 0 atom stereocenters. The quantitative estimate of drug-likeness (QED) is 0.0945. The summed E-state index contributed by atoms with van der Waals surface area (Å²) in [5.74, 6) is -6.59. The minimum atomic E-state index is -4.07. The topological polar surface area (TPSA) is 48.4 Å². The van der Waals surface area contributed by atoms with E-state index in [0.717, 1.165) is 16.7 Å². The van der Waals surface area contributed by atoms with Gasteiger partial charge in [0.2, 0.25) is 5.01 Å². The molecule has 1 aromatic heterocycles. The van der Waals surface area contributed by atoms with Gasteiger partial charge in [0, 0.05) is 18.2 Å². The molecule has 4 aromatic carbocycles. The number of hydrogen-bond donors (Lipinski definition) is 0. The molecule has 0 bridgehead atoms. The van der Waals surface area contributed by atoms with Gasteiger partial charge in [0.05, 0.1) is 15.8 Å². The summed E-state index contributed by atoms with van der Waals surface area (Å²) in [5.41, 5.74) is 3.51. The Morgan fingerprint density at radius 1 is 0.816 bits per heavy atom. The number of ether oxygens (including phenoxy) is 2. The van der Waals surface area contributed by atoms with Crippen molar-refractivity contribution in [3.8, 4) is 22.6 Å². The van der Waals surface area contributed by atoms with Crippen LogP contribution < -0.4 is 9.47 Å². The fourth-order valence-corrected chi connectivity index (χ4v) is 4.49. The molecule has 0 aliphatic carbocycles. The van der Waals surface area contributed by atoms with Gasteiger partial charge >= 0.3 is 12.1 Å². The average Bonchev–Trinajstić information content (AvgIpc) is 3.32. The number of carbonyl (C=O) groups excluding carboxylic acids is 1. The normalized spacial score (nSPS) is 11.5. The van der Waals surface area contributed by atoms with Crippen LogP contribution in [0.3, 0.4) is 0 Å². The summed E-state index contributed by atoms with van der Waals surface area (Å²) in [4.78, 5) is 16.4. The zero-order valence-corrected chi connectivity index (χ0v) is 20.3. The maximum Gasteiger partial charge on any atom is 0.454 e. The van der Waals surface area contributed by atoms with Crippen LogP contribution in [-0.2, 0) is 6.11 Å². The van der Waals surface area contributed by atoms with Crippen molar-refractivity contribution in [2.45, 2.75) is 13.0 Å². The molecule has 0 unspecified atom stereocenters. The summed E-state index contributed by atoms with van der Waals surface area (Å²) in [5, 5.41) is -0.812. The Morgan fingerprint density at radius 3 is 2.05 bits per heavy atom. The van der Waals surface area contributed by atoms with Crippen LogP contribution in [0.5, 0.6) is 11.5 Å². The standard InChI is InChI=1S/C28H16F5NO3S/c1-15-2-4-16(5-3-15)17-6-8-18(9-7-17)26(35)36-19-10-11-23-24(14-19)38-27(34-23)28(32,33)37-20-12-21(29)25(31)22(30)13-20/h2-14H,1H3. The highest BCUT2D eigenvalue weighted by atomic mass is 32.1. The fraction of sp³-hybridized carbons (Fsp3) is 0.0714. The van der Waals surface area contributed by atoms with Gasteiger partial charge in [-0.3, -0.25) is 0 Å². The molecular formula is C28H16F5NO3S. The van der Waals surface area contributed by atoms with E-state index >= 15 is 0 Å². The zero-order chi connectivity index (χ0) is 27.0.